The molecule has 6 nitrogen and oxygen atoms in total. The van der Waals surface area contributed by atoms with Crippen LogP contribution in [0.25, 0.3) is 22.4 Å². The summed E-state index contributed by atoms with van der Waals surface area (Å²) in [6.07, 6.45) is 0. The van der Waals surface area contributed by atoms with Crippen LogP contribution in [0.3, 0.4) is 0 Å². The van der Waals surface area contributed by atoms with Crippen LogP contribution in [0.4, 0.5) is 8.78 Å². The lowest BCUT2D eigenvalue weighted by atomic mass is 10.1. The number of halogens is 2. The lowest BCUT2D eigenvalue weighted by Gasteiger charge is -2.07. The van der Waals surface area contributed by atoms with Gasteiger partial charge in [0.05, 0.1) is 22.3 Å². The molecule has 23 heavy (non-hydrogen) atoms. The first-order valence-electron chi connectivity index (χ1n) is 6.51. The molecule has 8 heteroatoms. The summed E-state index contributed by atoms with van der Waals surface area (Å²) in [5, 5.41) is 13.4. The minimum Gasteiger partial charge on any atom is -0.478 e. The molecular weight excluding hydrogens is 310 g/mol. The van der Waals surface area contributed by atoms with Crippen molar-refractivity contribution in [3.8, 4) is 17.0 Å². The number of hydrogen-bond acceptors (Lipinski definition) is 5. The van der Waals surface area contributed by atoms with E-state index in [1.807, 2.05) is 0 Å². The number of pyridine rings is 1. The van der Waals surface area contributed by atoms with Crippen LogP contribution in [0.1, 0.15) is 16.1 Å². The molecule has 1 aromatic carbocycles. The van der Waals surface area contributed by atoms with E-state index in [0.717, 1.165) is 0 Å². The monoisotopic (exact) mass is 320 g/mol. The Labute approximate surface area is 128 Å². The highest BCUT2D eigenvalue weighted by atomic mass is 19.3. The number of carboxylic acid groups (broad SMARTS) is 1. The van der Waals surface area contributed by atoms with Crippen molar-refractivity contribution >= 4 is 17.1 Å². The first-order chi connectivity index (χ1) is 11.0. The molecule has 0 amide bonds. The summed E-state index contributed by atoms with van der Waals surface area (Å²) >= 11 is 0. The minimum absolute atomic E-state index is 0.0241. The molecule has 3 rings (SSSR count). The predicted molar refractivity (Wildman–Crippen MR) is 75.6 cm³/mol. The number of carboxylic acids is 1. The smallest absolute Gasteiger partial charge is 0.387 e. The second kappa shape index (κ2) is 5.64. The molecule has 2 heterocycles. The number of aromatic carboxylic acids is 1. The van der Waals surface area contributed by atoms with E-state index >= 15 is 0 Å². The fourth-order valence-corrected chi connectivity index (χ4v) is 2.24. The molecule has 0 radical (unpaired) electrons. The Morgan fingerprint density at radius 1 is 1.35 bits per heavy atom. The number of nitrogens with zero attached hydrogens (tertiary/aromatic N) is 2. The van der Waals surface area contributed by atoms with Crippen LogP contribution >= 0.6 is 0 Å². The summed E-state index contributed by atoms with van der Waals surface area (Å²) in [6, 6.07) is 7.16. The van der Waals surface area contributed by atoms with Crippen molar-refractivity contribution in [2.75, 3.05) is 0 Å². The Balaban J connectivity index is 2.15. The number of fused-ring (bicyclic) bond motifs is 1. The van der Waals surface area contributed by atoms with E-state index < -0.39 is 12.6 Å². The largest absolute Gasteiger partial charge is 0.478 e. The van der Waals surface area contributed by atoms with Gasteiger partial charge < -0.3 is 14.4 Å². The summed E-state index contributed by atoms with van der Waals surface area (Å²) in [7, 11) is 0. The number of ether oxygens (including phenoxy) is 1. The van der Waals surface area contributed by atoms with Gasteiger partial charge in [0.2, 0.25) is 0 Å². The van der Waals surface area contributed by atoms with Gasteiger partial charge in [-0.2, -0.15) is 8.78 Å². The Bertz CT molecular complexity index is 892. The summed E-state index contributed by atoms with van der Waals surface area (Å²) in [5.41, 5.74) is 1.13. The molecule has 0 unspecified atom stereocenters. The van der Waals surface area contributed by atoms with Crippen LogP contribution in [0, 0.1) is 6.92 Å². The standard InChI is InChI=1S/C15H10F2N2O4/c1-7-12-10(14(20)21)6-11(18-13(12)23-19-7)8-3-2-4-9(5-8)22-15(16)17/h2-6,15H,1H3,(H,20,21). The average molecular weight is 320 g/mol. The van der Waals surface area contributed by atoms with Gasteiger partial charge in [-0.1, -0.05) is 17.3 Å². The lowest BCUT2D eigenvalue weighted by molar-refractivity contribution is -0.0498. The molecule has 0 saturated carbocycles. The van der Waals surface area contributed by atoms with Gasteiger partial charge >= 0.3 is 12.6 Å². The summed E-state index contributed by atoms with van der Waals surface area (Å²) in [6.45, 7) is -1.34. The molecule has 0 atom stereocenters. The van der Waals surface area contributed by atoms with Crippen LogP contribution in [0.2, 0.25) is 0 Å². The lowest BCUT2D eigenvalue weighted by Crippen LogP contribution is -2.02. The van der Waals surface area contributed by atoms with Gasteiger partial charge in [-0.05, 0) is 25.1 Å². The highest BCUT2D eigenvalue weighted by Crippen LogP contribution is 2.29. The SMILES string of the molecule is Cc1noc2nc(-c3cccc(OC(F)F)c3)cc(C(=O)O)c12. The van der Waals surface area contributed by atoms with Gasteiger partial charge in [-0.3, -0.25) is 0 Å². The van der Waals surface area contributed by atoms with Crippen LogP contribution in [0.15, 0.2) is 34.9 Å². The van der Waals surface area contributed by atoms with Gasteiger partial charge in [0.15, 0.2) is 0 Å². The normalized spacial score (nSPS) is 11.1. The van der Waals surface area contributed by atoms with Gasteiger partial charge in [-0.25, -0.2) is 9.78 Å². The Hall–Kier alpha value is -3.03. The first kappa shape index (κ1) is 14.9. The third-order valence-corrected chi connectivity index (χ3v) is 3.20. The van der Waals surface area contributed by atoms with Crippen molar-refractivity contribution < 1.29 is 27.9 Å². The maximum Gasteiger partial charge on any atom is 0.387 e. The minimum atomic E-state index is -2.95. The van der Waals surface area contributed by atoms with E-state index in [0.29, 0.717) is 16.6 Å². The molecule has 2 aromatic heterocycles. The third-order valence-electron chi connectivity index (χ3n) is 3.20. The number of carbonyl (C=O) groups is 1. The van der Waals surface area contributed by atoms with Crippen LogP contribution in [-0.2, 0) is 0 Å². The van der Waals surface area contributed by atoms with Crippen LogP contribution in [-0.4, -0.2) is 27.8 Å². The number of alkyl halides is 2. The predicted octanol–water partition coefficient (Wildman–Crippen LogP) is 3.50. The van der Waals surface area contributed by atoms with Crippen molar-refractivity contribution in [1.82, 2.24) is 10.1 Å². The summed E-state index contributed by atoms with van der Waals surface area (Å²) in [5.74, 6) is -1.21. The topological polar surface area (TPSA) is 85.5 Å². The zero-order valence-corrected chi connectivity index (χ0v) is 11.8. The maximum atomic E-state index is 12.3. The molecular formula is C15H10F2N2O4. The second-order valence-corrected chi connectivity index (χ2v) is 4.71. The summed E-state index contributed by atoms with van der Waals surface area (Å²) < 4.78 is 33.9. The molecule has 0 spiro atoms. The fraction of sp³-hybridized carbons (Fsp3) is 0.133. The zero-order valence-electron chi connectivity index (χ0n) is 11.8. The van der Waals surface area contributed by atoms with E-state index in [2.05, 4.69) is 14.9 Å². The average Bonchev–Trinajstić information content (AvgIpc) is 2.87. The van der Waals surface area contributed by atoms with Gasteiger partial charge in [0.25, 0.3) is 5.71 Å². The van der Waals surface area contributed by atoms with Crippen molar-refractivity contribution in [1.29, 1.82) is 0 Å². The first-order valence-corrected chi connectivity index (χ1v) is 6.51. The number of hydrogen-bond donors (Lipinski definition) is 1. The molecule has 0 aliphatic heterocycles. The van der Waals surface area contributed by atoms with Crippen molar-refractivity contribution in [3.05, 3.63) is 41.6 Å². The van der Waals surface area contributed by atoms with Crippen LogP contribution in [0.5, 0.6) is 5.75 Å². The quantitative estimate of drug-likeness (QED) is 0.792. The number of benzene rings is 1. The van der Waals surface area contributed by atoms with Gasteiger partial charge in [0.1, 0.15) is 5.75 Å². The van der Waals surface area contributed by atoms with E-state index in [1.54, 1.807) is 13.0 Å². The molecule has 0 bridgehead atoms. The van der Waals surface area contributed by atoms with Crippen molar-refractivity contribution in [2.45, 2.75) is 13.5 Å². The molecule has 0 aliphatic rings. The van der Waals surface area contributed by atoms with E-state index in [4.69, 9.17) is 4.52 Å². The van der Waals surface area contributed by atoms with Crippen molar-refractivity contribution in [2.24, 2.45) is 0 Å². The third kappa shape index (κ3) is 2.83. The molecule has 0 fully saturated rings. The Kier molecular flexibility index (Phi) is 3.65. The maximum absolute atomic E-state index is 12.3. The highest BCUT2D eigenvalue weighted by Gasteiger charge is 2.19. The highest BCUT2D eigenvalue weighted by molar-refractivity contribution is 6.03. The number of aromatic nitrogens is 2. The molecule has 118 valence electrons. The van der Waals surface area contributed by atoms with E-state index in [9.17, 15) is 18.7 Å². The molecule has 3 aromatic rings. The Morgan fingerprint density at radius 3 is 2.83 bits per heavy atom. The molecule has 1 N–H and O–H groups in total. The zero-order chi connectivity index (χ0) is 16.6. The van der Waals surface area contributed by atoms with Gasteiger partial charge in [0, 0.05) is 5.56 Å². The molecule has 0 aliphatic carbocycles. The number of rotatable bonds is 4. The fourth-order valence-electron chi connectivity index (χ4n) is 2.24. The molecule has 0 saturated heterocycles. The van der Waals surface area contributed by atoms with Crippen LogP contribution < -0.4 is 4.74 Å². The van der Waals surface area contributed by atoms with E-state index in [-0.39, 0.29) is 22.7 Å². The van der Waals surface area contributed by atoms with E-state index in [1.165, 1.54) is 24.3 Å². The van der Waals surface area contributed by atoms with Crippen molar-refractivity contribution in [3.63, 3.8) is 0 Å². The summed E-state index contributed by atoms with van der Waals surface area (Å²) in [4.78, 5) is 15.6. The van der Waals surface area contributed by atoms with Gasteiger partial charge in [-0.15, -0.1) is 0 Å². The second-order valence-electron chi connectivity index (χ2n) is 4.71. The number of aryl methyl sites for hydroxylation is 1. The Morgan fingerprint density at radius 2 is 2.13 bits per heavy atom.